The van der Waals surface area contributed by atoms with Crippen molar-refractivity contribution in [3.05, 3.63) is 44.6 Å². The number of thioether (sulfide) groups is 1. The largest absolute Gasteiger partial charge is 0.549 e. The number of aromatic nitrogens is 2. The first-order chi connectivity index (χ1) is 14.4. The lowest BCUT2D eigenvalue weighted by Gasteiger charge is -2.24. The summed E-state index contributed by atoms with van der Waals surface area (Å²) in [7, 11) is -3.79. The Bertz CT molecular complexity index is 1210. The maximum Gasteiger partial charge on any atom is 0.250 e. The van der Waals surface area contributed by atoms with Crippen molar-refractivity contribution in [3.8, 4) is 0 Å². The van der Waals surface area contributed by atoms with Gasteiger partial charge in [0.15, 0.2) is 4.24 Å². The predicted octanol–water partition coefficient (Wildman–Crippen LogP) is 2.34. The van der Waals surface area contributed by atoms with Crippen molar-refractivity contribution in [2.24, 2.45) is 15.4 Å². The molecule has 1 aliphatic rings. The minimum Gasteiger partial charge on any atom is -0.549 e. The molecule has 0 radical (unpaired) electrons. The van der Waals surface area contributed by atoms with Crippen molar-refractivity contribution < 1.29 is 22.5 Å². The maximum atomic E-state index is 12.2. The summed E-state index contributed by atoms with van der Waals surface area (Å²) in [6, 6.07) is 2.51. The number of aryl methyl sites for hydroxylation is 1. The number of furan rings is 1. The summed E-state index contributed by atoms with van der Waals surface area (Å²) in [5.74, 6) is 1.31. The molecule has 0 saturated heterocycles. The molecule has 3 atom stereocenters. The van der Waals surface area contributed by atoms with E-state index in [0.717, 1.165) is 17.5 Å². The van der Waals surface area contributed by atoms with Crippen LogP contribution in [-0.2, 0) is 10.0 Å². The number of nitrogens with one attached hydrogen (secondary N) is 3. The van der Waals surface area contributed by atoms with Gasteiger partial charge in [-0.2, -0.15) is 8.75 Å². The number of hydrogen-bond donors (Lipinski definition) is 4. The highest BCUT2D eigenvalue weighted by Crippen LogP contribution is 2.37. The number of rotatable bonds is 6. The van der Waals surface area contributed by atoms with Crippen molar-refractivity contribution in [1.82, 2.24) is 13.5 Å². The highest BCUT2D eigenvalue weighted by Gasteiger charge is 2.34. The van der Waals surface area contributed by atoms with E-state index in [0.29, 0.717) is 5.76 Å². The summed E-state index contributed by atoms with van der Waals surface area (Å²) in [5.41, 5.74) is 0.134. The van der Waals surface area contributed by atoms with Crippen LogP contribution in [0.1, 0.15) is 45.3 Å². The van der Waals surface area contributed by atoms with Gasteiger partial charge in [0.05, 0.1) is 0 Å². The van der Waals surface area contributed by atoms with Crippen LogP contribution in [0.2, 0.25) is 0 Å². The lowest BCUT2D eigenvalue weighted by molar-refractivity contribution is 0.278. The van der Waals surface area contributed by atoms with Gasteiger partial charge in [0.1, 0.15) is 40.5 Å². The zero-order valence-corrected chi connectivity index (χ0v) is 20.4. The molecular weight excluding hydrogens is 462 g/mol. The molecule has 0 amide bonds. The predicted molar refractivity (Wildman–Crippen MR) is 119 cm³/mol. The molecule has 13 heteroatoms. The van der Waals surface area contributed by atoms with Crippen LogP contribution < -0.4 is 15.7 Å². The Kier molecular flexibility index (Phi) is 6.91. The summed E-state index contributed by atoms with van der Waals surface area (Å²) < 4.78 is 50.0. The molecule has 0 saturated carbocycles. The Morgan fingerprint density at radius 1 is 1.39 bits per heavy atom. The summed E-state index contributed by atoms with van der Waals surface area (Å²) in [6.45, 7) is 9.74. The summed E-state index contributed by atoms with van der Waals surface area (Å²) in [5, 5.41) is 10.5. The van der Waals surface area contributed by atoms with Crippen molar-refractivity contribution in [1.29, 1.82) is 0 Å². The third kappa shape index (κ3) is 5.34. The molecule has 1 aliphatic heterocycles. The number of aliphatic hydroxyl groups is 1. The van der Waals surface area contributed by atoms with E-state index in [1.165, 1.54) is 0 Å². The van der Waals surface area contributed by atoms with E-state index in [1.807, 2.05) is 39.8 Å². The Labute approximate surface area is 187 Å². The average Bonchev–Trinajstić information content (AvgIpc) is 3.32. The molecule has 172 valence electrons. The van der Waals surface area contributed by atoms with Crippen LogP contribution in [0.4, 0.5) is 0 Å². The van der Waals surface area contributed by atoms with Crippen LogP contribution >= 0.6 is 22.9 Å². The summed E-state index contributed by atoms with van der Waals surface area (Å²) in [6.07, 6.45) is 0. The number of sulfonamides is 1. The highest BCUT2D eigenvalue weighted by molar-refractivity contribution is 8.18. The molecule has 2 aromatic rings. The number of aliphatic hydroxyl groups excluding tert-OH is 1. The monoisotopic (exact) mass is 489 g/mol. The summed E-state index contributed by atoms with van der Waals surface area (Å²) in [4.78, 5) is 9.13. The molecule has 3 heterocycles. The fourth-order valence-corrected chi connectivity index (χ4v) is 6.51. The third-order valence-electron chi connectivity index (χ3n) is 4.47. The molecule has 2 unspecified atom stereocenters. The van der Waals surface area contributed by atoms with E-state index in [4.69, 9.17) is 9.41 Å². The quantitative estimate of drug-likeness (QED) is 0.456. The van der Waals surface area contributed by atoms with E-state index >= 15 is 0 Å². The van der Waals surface area contributed by atoms with Crippen LogP contribution in [0.3, 0.4) is 0 Å². The van der Waals surface area contributed by atoms with Gasteiger partial charge >= 0.3 is 0 Å². The van der Waals surface area contributed by atoms with Crippen LogP contribution in [-0.4, -0.2) is 45.2 Å². The van der Waals surface area contributed by atoms with Gasteiger partial charge in [-0.1, -0.05) is 27.7 Å². The van der Waals surface area contributed by atoms with Gasteiger partial charge in [-0.3, -0.25) is 0 Å². The second-order valence-corrected chi connectivity index (χ2v) is 12.1. The molecule has 0 spiro atoms. The van der Waals surface area contributed by atoms with Crippen molar-refractivity contribution in [2.45, 2.75) is 46.7 Å². The number of hydrogen-bond acceptors (Lipinski definition) is 8. The SMILES string of the molecule is CCNS(=O)(=O)C1=C(O)C(N=c2[nH][s+]([O-])[nH]c2=N[C@@H](c2ccc(C)o2)C(C)(C)C)CS1. The first-order valence-corrected chi connectivity index (χ1v) is 13.3. The molecule has 3 rings (SSSR count). The Balaban J connectivity index is 2.08. The molecule has 2 aromatic heterocycles. The number of H-pyrrole nitrogens is 2. The second-order valence-electron chi connectivity index (χ2n) is 8.15. The van der Waals surface area contributed by atoms with Crippen LogP contribution in [0.15, 0.2) is 36.5 Å². The van der Waals surface area contributed by atoms with Gasteiger partial charge < -0.3 is 14.1 Å². The lowest BCUT2D eigenvalue weighted by Crippen LogP contribution is -2.31. The molecule has 0 aliphatic carbocycles. The average molecular weight is 490 g/mol. The Morgan fingerprint density at radius 2 is 2.06 bits per heavy atom. The van der Waals surface area contributed by atoms with Gasteiger partial charge in [0.25, 0.3) is 0 Å². The minimum absolute atomic E-state index is 0.145. The maximum absolute atomic E-state index is 12.2. The van der Waals surface area contributed by atoms with Gasteiger partial charge in [0, 0.05) is 12.3 Å². The lowest BCUT2D eigenvalue weighted by atomic mass is 9.86. The summed E-state index contributed by atoms with van der Waals surface area (Å²) >= 11 is -0.643. The fourth-order valence-electron chi connectivity index (χ4n) is 3.05. The minimum atomic E-state index is -3.79. The van der Waals surface area contributed by atoms with E-state index in [2.05, 4.69) is 18.5 Å². The first kappa shape index (κ1) is 23.9. The molecule has 10 nitrogen and oxygen atoms in total. The van der Waals surface area contributed by atoms with Crippen LogP contribution in [0.25, 0.3) is 0 Å². The van der Waals surface area contributed by atoms with E-state index in [1.54, 1.807) is 6.92 Å². The van der Waals surface area contributed by atoms with Gasteiger partial charge in [0.2, 0.25) is 21.0 Å². The molecule has 0 aromatic carbocycles. The molecule has 31 heavy (non-hydrogen) atoms. The van der Waals surface area contributed by atoms with Crippen LogP contribution in [0.5, 0.6) is 0 Å². The second kappa shape index (κ2) is 8.98. The smallest absolute Gasteiger partial charge is 0.250 e. The third-order valence-corrected chi connectivity index (χ3v) is 8.56. The first-order valence-electron chi connectivity index (χ1n) is 9.65. The van der Waals surface area contributed by atoms with Crippen molar-refractivity contribution >= 4 is 32.9 Å². The zero-order chi connectivity index (χ0) is 23.0. The number of nitrogens with zero attached hydrogens (tertiary/aromatic N) is 2. The fraction of sp³-hybridized carbons (Fsp3) is 0.556. The van der Waals surface area contributed by atoms with E-state index < -0.39 is 33.2 Å². The Hall–Kier alpha value is -1.80. The molecule has 0 bridgehead atoms. The standard InChI is InChI=1S/C18H27N5O5S3/c1-6-19-31(26,27)17-13(24)11(9-29-17)20-15-16(23-30(25)22-15)21-14(18(3,4)5)12-8-7-10(2)28-12/h7-8,11,14,19,24H,6,9H2,1-5H3,(H,20,22)(H,21,23)/t11?,14-,30?/m0/s1. The molecule has 4 N–H and O–H groups in total. The van der Waals surface area contributed by atoms with Gasteiger partial charge in [-0.15, -0.1) is 11.8 Å². The van der Waals surface area contributed by atoms with Crippen molar-refractivity contribution in [3.63, 3.8) is 0 Å². The van der Waals surface area contributed by atoms with Crippen LogP contribution in [0, 0.1) is 12.3 Å². The molecule has 0 fully saturated rings. The Morgan fingerprint density at radius 3 is 2.65 bits per heavy atom. The van der Waals surface area contributed by atoms with E-state index in [-0.39, 0.29) is 38.7 Å². The molecular formula is C18H27N5O5S3. The topological polar surface area (TPSA) is 159 Å². The van der Waals surface area contributed by atoms with E-state index in [9.17, 15) is 18.1 Å². The van der Waals surface area contributed by atoms with Crippen molar-refractivity contribution in [2.75, 3.05) is 12.3 Å². The highest BCUT2D eigenvalue weighted by atomic mass is 32.3. The van der Waals surface area contributed by atoms with Gasteiger partial charge in [-0.05, 0) is 24.5 Å². The normalized spacial score (nSPS) is 20.7. The zero-order valence-electron chi connectivity index (χ0n) is 17.9. The number of aromatic amines is 2. The van der Waals surface area contributed by atoms with Gasteiger partial charge in [-0.25, -0.2) is 23.1 Å².